The highest BCUT2D eigenvalue weighted by molar-refractivity contribution is 5.79. The predicted octanol–water partition coefficient (Wildman–Crippen LogP) is 1.97. The minimum absolute atomic E-state index is 0.117. The van der Waals surface area contributed by atoms with Gasteiger partial charge in [0.25, 0.3) is 0 Å². The fourth-order valence-electron chi connectivity index (χ4n) is 4.27. The van der Waals surface area contributed by atoms with Crippen molar-refractivity contribution >= 4 is 5.91 Å². The lowest BCUT2D eigenvalue weighted by Gasteiger charge is -2.48. The van der Waals surface area contributed by atoms with Crippen LogP contribution in [-0.4, -0.2) is 82.0 Å². The molecular formula is C21H32N2O5. The Balaban J connectivity index is 1.67. The van der Waals surface area contributed by atoms with Gasteiger partial charge in [-0.2, -0.15) is 0 Å². The smallest absolute Gasteiger partial charge is 0.227 e. The van der Waals surface area contributed by atoms with Crippen LogP contribution in [0.3, 0.4) is 0 Å². The van der Waals surface area contributed by atoms with Crippen molar-refractivity contribution in [2.24, 2.45) is 0 Å². The van der Waals surface area contributed by atoms with E-state index < -0.39 is 0 Å². The van der Waals surface area contributed by atoms with Gasteiger partial charge in [0.15, 0.2) is 11.5 Å². The van der Waals surface area contributed by atoms with Crippen molar-refractivity contribution in [1.82, 2.24) is 9.80 Å². The van der Waals surface area contributed by atoms with Gasteiger partial charge >= 0.3 is 0 Å². The van der Waals surface area contributed by atoms with E-state index in [1.54, 1.807) is 21.3 Å². The SMILES string of the molecule is CCC[C@H]1COC[C@H]2CN(C(=O)Cc3cc(OC)c(OC)c(OC)c3)CCN12. The summed E-state index contributed by atoms with van der Waals surface area (Å²) in [5, 5.41) is 0. The number of methoxy groups -OCH3 is 3. The molecule has 2 saturated heterocycles. The van der Waals surface area contributed by atoms with Crippen LogP contribution in [0.2, 0.25) is 0 Å². The minimum Gasteiger partial charge on any atom is -0.493 e. The second kappa shape index (κ2) is 9.47. The third-order valence-corrected chi connectivity index (χ3v) is 5.67. The van der Waals surface area contributed by atoms with Crippen molar-refractivity contribution in [1.29, 1.82) is 0 Å². The van der Waals surface area contributed by atoms with E-state index in [9.17, 15) is 4.79 Å². The number of benzene rings is 1. The third kappa shape index (κ3) is 4.36. The Bertz CT molecular complexity index is 654. The first-order chi connectivity index (χ1) is 13.6. The number of amides is 1. The first kappa shape index (κ1) is 20.7. The highest BCUT2D eigenvalue weighted by Gasteiger charge is 2.36. The fourth-order valence-corrected chi connectivity index (χ4v) is 4.27. The number of nitrogens with zero attached hydrogens (tertiary/aromatic N) is 2. The molecule has 1 amide bonds. The van der Waals surface area contributed by atoms with Gasteiger partial charge in [-0.05, 0) is 24.1 Å². The van der Waals surface area contributed by atoms with E-state index in [1.165, 1.54) is 0 Å². The molecule has 2 heterocycles. The summed E-state index contributed by atoms with van der Waals surface area (Å²) in [6.07, 6.45) is 2.61. The van der Waals surface area contributed by atoms with Gasteiger partial charge in [-0.1, -0.05) is 13.3 Å². The van der Waals surface area contributed by atoms with Crippen LogP contribution in [0.4, 0.5) is 0 Å². The summed E-state index contributed by atoms with van der Waals surface area (Å²) in [6, 6.07) is 4.46. The normalized spacial score (nSPS) is 22.5. The number of fused-ring (bicyclic) bond motifs is 1. The van der Waals surface area contributed by atoms with E-state index >= 15 is 0 Å². The van der Waals surface area contributed by atoms with Crippen LogP contribution in [0.1, 0.15) is 25.3 Å². The zero-order valence-corrected chi connectivity index (χ0v) is 17.4. The van der Waals surface area contributed by atoms with Gasteiger partial charge < -0.3 is 23.8 Å². The Kier molecular flexibility index (Phi) is 7.02. The summed E-state index contributed by atoms with van der Waals surface area (Å²) >= 11 is 0. The molecule has 2 aliphatic heterocycles. The maximum atomic E-state index is 13.0. The molecular weight excluding hydrogens is 360 g/mol. The van der Waals surface area contributed by atoms with Crippen molar-refractivity contribution in [2.45, 2.75) is 38.3 Å². The van der Waals surface area contributed by atoms with Crippen molar-refractivity contribution in [2.75, 3.05) is 54.2 Å². The average molecular weight is 392 g/mol. The highest BCUT2D eigenvalue weighted by Crippen LogP contribution is 2.38. The Morgan fingerprint density at radius 3 is 2.43 bits per heavy atom. The molecule has 0 aliphatic carbocycles. The summed E-state index contributed by atoms with van der Waals surface area (Å²) in [7, 11) is 4.73. The lowest BCUT2D eigenvalue weighted by molar-refractivity contribution is -0.139. The Hall–Kier alpha value is -1.99. The molecule has 0 spiro atoms. The van der Waals surface area contributed by atoms with Gasteiger partial charge in [-0.15, -0.1) is 0 Å². The molecule has 0 bridgehead atoms. The minimum atomic E-state index is 0.117. The van der Waals surface area contributed by atoms with E-state index in [2.05, 4.69) is 11.8 Å². The summed E-state index contributed by atoms with van der Waals surface area (Å²) in [5.74, 6) is 1.79. The van der Waals surface area contributed by atoms with Gasteiger partial charge in [-0.25, -0.2) is 0 Å². The molecule has 28 heavy (non-hydrogen) atoms. The fraction of sp³-hybridized carbons (Fsp3) is 0.667. The molecule has 0 N–H and O–H groups in total. The van der Waals surface area contributed by atoms with Crippen molar-refractivity contribution < 1.29 is 23.7 Å². The predicted molar refractivity (Wildman–Crippen MR) is 106 cm³/mol. The number of hydrogen-bond acceptors (Lipinski definition) is 6. The molecule has 0 radical (unpaired) electrons. The van der Waals surface area contributed by atoms with E-state index in [-0.39, 0.29) is 5.91 Å². The van der Waals surface area contributed by atoms with Gasteiger partial charge in [0.05, 0.1) is 47.0 Å². The van der Waals surface area contributed by atoms with Crippen molar-refractivity contribution in [3.05, 3.63) is 17.7 Å². The van der Waals surface area contributed by atoms with Gasteiger partial charge in [0.1, 0.15) is 0 Å². The molecule has 1 aromatic carbocycles. The average Bonchev–Trinajstić information content (AvgIpc) is 2.72. The number of morpholine rings is 1. The zero-order chi connectivity index (χ0) is 20.1. The van der Waals surface area contributed by atoms with E-state index in [0.717, 1.165) is 44.6 Å². The summed E-state index contributed by atoms with van der Waals surface area (Å²) in [5.41, 5.74) is 0.852. The van der Waals surface area contributed by atoms with Gasteiger partial charge in [0.2, 0.25) is 11.7 Å². The first-order valence-electron chi connectivity index (χ1n) is 10.0. The van der Waals surface area contributed by atoms with Crippen LogP contribution in [-0.2, 0) is 16.0 Å². The number of rotatable bonds is 7. The lowest BCUT2D eigenvalue weighted by atomic mass is 10.0. The van der Waals surface area contributed by atoms with Crippen LogP contribution in [0.25, 0.3) is 0 Å². The molecule has 7 nitrogen and oxygen atoms in total. The molecule has 1 aromatic rings. The molecule has 7 heteroatoms. The number of carbonyl (C=O) groups is 1. The molecule has 0 aromatic heterocycles. The highest BCUT2D eigenvalue weighted by atomic mass is 16.5. The maximum Gasteiger partial charge on any atom is 0.227 e. The molecule has 0 unspecified atom stereocenters. The quantitative estimate of drug-likeness (QED) is 0.707. The Morgan fingerprint density at radius 2 is 1.82 bits per heavy atom. The molecule has 2 aliphatic rings. The maximum absolute atomic E-state index is 13.0. The van der Waals surface area contributed by atoms with Crippen LogP contribution in [0.15, 0.2) is 12.1 Å². The molecule has 2 atom stereocenters. The lowest BCUT2D eigenvalue weighted by Crippen LogP contribution is -2.62. The summed E-state index contributed by atoms with van der Waals surface area (Å²) in [6.45, 7) is 6.13. The van der Waals surface area contributed by atoms with Crippen molar-refractivity contribution in [3.8, 4) is 17.2 Å². The van der Waals surface area contributed by atoms with E-state index in [0.29, 0.717) is 42.4 Å². The number of carbonyl (C=O) groups excluding carboxylic acids is 1. The standard InChI is InChI=1S/C21H32N2O5/c1-5-6-16-13-28-14-17-12-22(7-8-23(16)17)20(24)11-15-9-18(25-2)21(27-4)19(10-15)26-3/h9-10,16-17H,5-8,11-14H2,1-4H3/t16-,17+/m0/s1. The second-order valence-electron chi connectivity index (χ2n) is 7.42. The molecule has 2 fully saturated rings. The molecule has 156 valence electrons. The number of hydrogen-bond donors (Lipinski definition) is 0. The number of piperazine rings is 1. The molecule has 0 saturated carbocycles. The van der Waals surface area contributed by atoms with Crippen LogP contribution in [0.5, 0.6) is 17.2 Å². The zero-order valence-electron chi connectivity index (χ0n) is 17.4. The van der Waals surface area contributed by atoms with E-state index in [4.69, 9.17) is 18.9 Å². The summed E-state index contributed by atoms with van der Waals surface area (Å²) in [4.78, 5) is 17.5. The third-order valence-electron chi connectivity index (χ3n) is 5.67. The van der Waals surface area contributed by atoms with Gasteiger partial charge in [0, 0.05) is 25.7 Å². The van der Waals surface area contributed by atoms with E-state index in [1.807, 2.05) is 17.0 Å². The monoisotopic (exact) mass is 392 g/mol. The van der Waals surface area contributed by atoms with Crippen LogP contribution >= 0.6 is 0 Å². The first-order valence-corrected chi connectivity index (χ1v) is 10.0. The number of ether oxygens (including phenoxy) is 4. The topological polar surface area (TPSA) is 60.5 Å². The largest absolute Gasteiger partial charge is 0.493 e. The Labute approximate surface area is 167 Å². The van der Waals surface area contributed by atoms with Gasteiger partial charge in [-0.3, -0.25) is 9.69 Å². The molecule has 3 rings (SSSR count). The van der Waals surface area contributed by atoms with Crippen LogP contribution in [0, 0.1) is 0 Å². The van der Waals surface area contributed by atoms with Crippen LogP contribution < -0.4 is 14.2 Å². The van der Waals surface area contributed by atoms with Crippen molar-refractivity contribution in [3.63, 3.8) is 0 Å². The second-order valence-corrected chi connectivity index (χ2v) is 7.42. The summed E-state index contributed by atoms with van der Waals surface area (Å²) < 4.78 is 22.0. The Morgan fingerprint density at radius 1 is 1.11 bits per heavy atom.